The quantitative estimate of drug-likeness (QED) is 0.405. The Morgan fingerprint density at radius 2 is 1.93 bits per heavy atom. The van der Waals surface area contributed by atoms with Crippen molar-refractivity contribution in [2.24, 2.45) is 5.10 Å². The van der Waals surface area contributed by atoms with Gasteiger partial charge >= 0.3 is 0 Å². The molecule has 0 amide bonds. The van der Waals surface area contributed by atoms with Crippen LogP contribution >= 0.6 is 15.9 Å². The second-order valence-electron chi connectivity index (χ2n) is 6.43. The SMILES string of the molecule is COc1ccc(-c2cc(=O)[nH]c(N/N=C\c3ccc(OC(C)C)c(Br)c3)n2)cc1. The van der Waals surface area contributed by atoms with Crippen molar-refractivity contribution < 1.29 is 9.47 Å². The van der Waals surface area contributed by atoms with Gasteiger partial charge in [-0.2, -0.15) is 5.10 Å². The first-order chi connectivity index (χ1) is 13.9. The van der Waals surface area contributed by atoms with Gasteiger partial charge in [0.2, 0.25) is 5.95 Å². The van der Waals surface area contributed by atoms with Crippen molar-refractivity contribution in [2.75, 3.05) is 12.5 Å². The maximum Gasteiger partial charge on any atom is 0.252 e. The first kappa shape index (κ1) is 20.6. The van der Waals surface area contributed by atoms with Crippen LogP contribution in [-0.4, -0.2) is 29.4 Å². The van der Waals surface area contributed by atoms with Crippen LogP contribution < -0.4 is 20.5 Å². The summed E-state index contributed by atoms with van der Waals surface area (Å²) in [6, 6.07) is 14.4. The Hall–Kier alpha value is -3.13. The van der Waals surface area contributed by atoms with Gasteiger partial charge in [0.15, 0.2) is 0 Å². The number of aromatic amines is 1. The highest BCUT2D eigenvalue weighted by molar-refractivity contribution is 9.10. The third kappa shape index (κ3) is 5.68. The summed E-state index contributed by atoms with van der Waals surface area (Å²) in [5.74, 6) is 1.75. The standard InChI is InChI=1S/C21H21BrN4O3/c1-13(2)29-19-9-4-14(10-17(19)22)12-23-26-21-24-18(11-20(27)25-21)15-5-7-16(28-3)8-6-15/h4-13H,1-3H3,(H2,24,25,26,27)/b23-12-. The molecule has 0 fully saturated rings. The number of benzene rings is 2. The number of aromatic nitrogens is 2. The van der Waals surface area contributed by atoms with E-state index in [0.717, 1.165) is 27.1 Å². The summed E-state index contributed by atoms with van der Waals surface area (Å²) in [4.78, 5) is 19.0. The average molecular weight is 457 g/mol. The highest BCUT2D eigenvalue weighted by Crippen LogP contribution is 2.26. The number of methoxy groups -OCH3 is 1. The molecule has 1 aromatic heterocycles. The molecule has 0 aliphatic carbocycles. The molecule has 3 aromatic rings. The summed E-state index contributed by atoms with van der Waals surface area (Å²) in [6.45, 7) is 3.94. The predicted molar refractivity (Wildman–Crippen MR) is 118 cm³/mol. The Labute approximate surface area is 176 Å². The molecule has 1 heterocycles. The van der Waals surface area contributed by atoms with Crippen molar-refractivity contribution in [1.82, 2.24) is 9.97 Å². The molecule has 0 saturated heterocycles. The van der Waals surface area contributed by atoms with E-state index in [1.807, 2.05) is 56.3 Å². The van der Waals surface area contributed by atoms with E-state index in [9.17, 15) is 4.79 Å². The van der Waals surface area contributed by atoms with Crippen LogP contribution in [0.25, 0.3) is 11.3 Å². The molecule has 3 rings (SSSR count). The van der Waals surface area contributed by atoms with Gasteiger partial charge in [-0.1, -0.05) is 0 Å². The van der Waals surface area contributed by atoms with Gasteiger partial charge in [0.25, 0.3) is 5.56 Å². The number of rotatable bonds is 7. The normalized spacial score (nSPS) is 11.1. The fraction of sp³-hybridized carbons (Fsp3) is 0.190. The van der Waals surface area contributed by atoms with Gasteiger partial charge < -0.3 is 9.47 Å². The van der Waals surface area contributed by atoms with E-state index < -0.39 is 0 Å². The minimum absolute atomic E-state index is 0.0911. The van der Waals surface area contributed by atoms with Gasteiger partial charge in [0, 0.05) is 11.6 Å². The van der Waals surface area contributed by atoms with Crippen molar-refractivity contribution >= 4 is 28.1 Å². The number of ether oxygens (including phenoxy) is 2. The molecule has 0 atom stereocenters. The van der Waals surface area contributed by atoms with Crippen LogP contribution in [0.15, 0.2) is 62.9 Å². The average Bonchev–Trinajstić information content (AvgIpc) is 2.69. The van der Waals surface area contributed by atoms with Crippen LogP contribution in [0.1, 0.15) is 19.4 Å². The monoisotopic (exact) mass is 456 g/mol. The van der Waals surface area contributed by atoms with Crippen LogP contribution in [0, 0.1) is 0 Å². The lowest BCUT2D eigenvalue weighted by molar-refractivity contribution is 0.241. The van der Waals surface area contributed by atoms with Crippen LogP contribution in [0.3, 0.4) is 0 Å². The van der Waals surface area contributed by atoms with Crippen LogP contribution in [0.4, 0.5) is 5.95 Å². The van der Waals surface area contributed by atoms with E-state index in [1.54, 1.807) is 13.3 Å². The van der Waals surface area contributed by atoms with Gasteiger partial charge in [-0.05, 0) is 77.8 Å². The minimum Gasteiger partial charge on any atom is -0.497 e. The molecule has 0 saturated carbocycles. The first-order valence-electron chi connectivity index (χ1n) is 8.95. The molecule has 7 nitrogen and oxygen atoms in total. The fourth-order valence-corrected chi connectivity index (χ4v) is 3.03. The molecule has 0 unspecified atom stereocenters. The Balaban J connectivity index is 1.74. The fourth-order valence-electron chi connectivity index (χ4n) is 2.54. The number of hydrogen-bond donors (Lipinski definition) is 2. The van der Waals surface area contributed by atoms with Crippen molar-refractivity contribution in [2.45, 2.75) is 20.0 Å². The lowest BCUT2D eigenvalue weighted by Gasteiger charge is -2.11. The summed E-state index contributed by atoms with van der Waals surface area (Å²) in [5, 5.41) is 4.16. The highest BCUT2D eigenvalue weighted by atomic mass is 79.9. The smallest absolute Gasteiger partial charge is 0.252 e. The zero-order chi connectivity index (χ0) is 20.8. The molecular weight excluding hydrogens is 436 g/mol. The van der Waals surface area contributed by atoms with Crippen molar-refractivity contribution in [3.8, 4) is 22.8 Å². The van der Waals surface area contributed by atoms with Gasteiger partial charge in [-0.3, -0.25) is 9.78 Å². The molecule has 2 aromatic carbocycles. The number of hydrazone groups is 1. The van der Waals surface area contributed by atoms with Crippen molar-refractivity contribution in [1.29, 1.82) is 0 Å². The number of nitrogens with one attached hydrogen (secondary N) is 2. The number of halogens is 1. The Kier molecular flexibility index (Phi) is 6.66. The summed E-state index contributed by atoms with van der Waals surface area (Å²) < 4.78 is 11.7. The third-order valence-electron chi connectivity index (χ3n) is 3.83. The zero-order valence-electron chi connectivity index (χ0n) is 16.3. The minimum atomic E-state index is -0.276. The molecule has 0 radical (unpaired) electrons. The Morgan fingerprint density at radius 3 is 2.59 bits per heavy atom. The number of anilines is 1. The van der Waals surface area contributed by atoms with E-state index in [0.29, 0.717) is 5.69 Å². The van der Waals surface area contributed by atoms with Crippen LogP contribution in [0.5, 0.6) is 11.5 Å². The van der Waals surface area contributed by atoms with E-state index in [1.165, 1.54) is 6.07 Å². The van der Waals surface area contributed by atoms with Crippen LogP contribution in [0.2, 0.25) is 0 Å². The van der Waals surface area contributed by atoms with E-state index >= 15 is 0 Å². The number of nitrogens with zero attached hydrogens (tertiary/aromatic N) is 2. The Bertz CT molecular complexity index is 1060. The molecule has 8 heteroatoms. The van der Waals surface area contributed by atoms with Crippen molar-refractivity contribution in [3.05, 3.63) is 68.9 Å². The van der Waals surface area contributed by atoms with Gasteiger partial charge in [0.1, 0.15) is 11.5 Å². The molecule has 0 aliphatic rings. The van der Waals surface area contributed by atoms with E-state index in [4.69, 9.17) is 9.47 Å². The maximum absolute atomic E-state index is 12.0. The number of H-pyrrole nitrogens is 1. The summed E-state index contributed by atoms with van der Waals surface area (Å²) in [6.07, 6.45) is 1.72. The maximum atomic E-state index is 12.0. The zero-order valence-corrected chi connectivity index (χ0v) is 17.9. The largest absolute Gasteiger partial charge is 0.497 e. The molecule has 29 heavy (non-hydrogen) atoms. The lowest BCUT2D eigenvalue weighted by atomic mass is 10.1. The van der Waals surface area contributed by atoms with Crippen molar-refractivity contribution in [3.63, 3.8) is 0 Å². The summed E-state index contributed by atoms with van der Waals surface area (Å²) >= 11 is 3.49. The molecule has 2 N–H and O–H groups in total. The lowest BCUT2D eigenvalue weighted by Crippen LogP contribution is -2.10. The summed E-state index contributed by atoms with van der Waals surface area (Å²) in [7, 11) is 1.60. The van der Waals surface area contributed by atoms with Crippen LogP contribution in [-0.2, 0) is 0 Å². The van der Waals surface area contributed by atoms with Gasteiger partial charge in [0.05, 0.1) is 29.6 Å². The molecule has 150 valence electrons. The van der Waals surface area contributed by atoms with E-state index in [2.05, 4.69) is 36.4 Å². The Morgan fingerprint density at radius 1 is 1.17 bits per heavy atom. The first-order valence-corrected chi connectivity index (χ1v) is 9.75. The predicted octanol–water partition coefficient (Wildman–Crippen LogP) is 4.44. The topological polar surface area (TPSA) is 88.6 Å². The van der Waals surface area contributed by atoms with E-state index in [-0.39, 0.29) is 17.6 Å². The number of hydrogen-bond acceptors (Lipinski definition) is 6. The van der Waals surface area contributed by atoms with Gasteiger partial charge in [-0.15, -0.1) is 0 Å². The second kappa shape index (κ2) is 9.38. The summed E-state index contributed by atoms with van der Waals surface area (Å²) in [5.41, 5.74) is 4.68. The molecule has 0 aliphatic heterocycles. The molecule has 0 bridgehead atoms. The second-order valence-corrected chi connectivity index (χ2v) is 7.29. The molecular formula is C21H21BrN4O3. The molecule has 0 spiro atoms. The third-order valence-corrected chi connectivity index (χ3v) is 4.45. The van der Waals surface area contributed by atoms with Gasteiger partial charge in [-0.25, -0.2) is 10.4 Å². The highest BCUT2D eigenvalue weighted by Gasteiger charge is 2.05.